The molecule has 0 aliphatic rings. The van der Waals surface area contributed by atoms with Crippen molar-refractivity contribution in [3.05, 3.63) is 71.0 Å². The summed E-state index contributed by atoms with van der Waals surface area (Å²) in [6, 6.07) is 14.8. The van der Waals surface area contributed by atoms with Crippen LogP contribution >= 0.6 is 24.0 Å². The van der Waals surface area contributed by atoms with E-state index >= 15 is 0 Å². The second-order valence-electron chi connectivity index (χ2n) is 5.89. The van der Waals surface area contributed by atoms with E-state index in [0.29, 0.717) is 31.2 Å². The van der Waals surface area contributed by atoms with Crippen molar-refractivity contribution in [2.24, 2.45) is 4.99 Å². The van der Waals surface area contributed by atoms with Crippen molar-refractivity contribution in [2.75, 3.05) is 13.1 Å². The van der Waals surface area contributed by atoms with Crippen LogP contribution in [-0.2, 0) is 17.9 Å². The molecule has 2 aromatic carbocycles. The number of aryl methyl sites for hydroxylation is 1. The molecule has 0 bridgehead atoms. The Morgan fingerprint density at radius 1 is 1.04 bits per heavy atom. The summed E-state index contributed by atoms with van der Waals surface area (Å²) in [5.41, 5.74) is 2.43. The van der Waals surface area contributed by atoms with Crippen molar-refractivity contribution in [3.63, 3.8) is 0 Å². The number of carbonyl (C=O) groups excluding carboxylic acids is 1. The van der Waals surface area contributed by atoms with Gasteiger partial charge in [0.25, 0.3) is 0 Å². The largest absolute Gasteiger partial charge is 0.357 e. The lowest BCUT2D eigenvalue weighted by molar-refractivity contribution is -0.120. The maximum Gasteiger partial charge on any atom is 0.239 e. The summed E-state index contributed by atoms with van der Waals surface area (Å²) in [7, 11) is 0. The molecule has 0 fully saturated rings. The molecule has 146 valence electrons. The highest BCUT2D eigenvalue weighted by Gasteiger charge is 2.04. The monoisotopic (exact) mass is 484 g/mol. The molecular formula is C20H26FIN4O. The minimum Gasteiger partial charge on any atom is -0.357 e. The maximum atomic E-state index is 13.6. The third-order valence-corrected chi connectivity index (χ3v) is 3.75. The fourth-order valence-electron chi connectivity index (χ4n) is 2.27. The minimum atomic E-state index is -0.240. The molecule has 2 rings (SSSR count). The fraction of sp³-hybridized carbons (Fsp3) is 0.300. The van der Waals surface area contributed by atoms with E-state index in [9.17, 15) is 9.18 Å². The molecule has 0 saturated heterocycles. The molecule has 0 heterocycles. The predicted octanol–water partition coefficient (Wildman–Crippen LogP) is 3.12. The van der Waals surface area contributed by atoms with Gasteiger partial charge in [-0.2, -0.15) is 0 Å². The van der Waals surface area contributed by atoms with Gasteiger partial charge in [-0.15, -0.1) is 24.0 Å². The van der Waals surface area contributed by atoms with Gasteiger partial charge in [-0.05, 0) is 36.6 Å². The van der Waals surface area contributed by atoms with E-state index in [1.165, 1.54) is 6.07 Å². The van der Waals surface area contributed by atoms with E-state index in [0.717, 1.165) is 11.1 Å². The molecule has 0 spiro atoms. The van der Waals surface area contributed by atoms with Crippen molar-refractivity contribution < 1.29 is 9.18 Å². The van der Waals surface area contributed by atoms with Gasteiger partial charge in [-0.1, -0.05) is 42.5 Å². The van der Waals surface area contributed by atoms with Gasteiger partial charge in [0.1, 0.15) is 5.82 Å². The van der Waals surface area contributed by atoms with Crippen LogP contribution in [0, 0.1) is 12.7 Å². The number of guanidine groups is 1. The van der Waals surface area contributed by atoms with Gasteiger partial charge >= 0.3 is 0 Å². The summed E-state index contributed by atoms with van der Waals surface area (Å²) in [6.07, 6.45) is 0. The number of benzene rings is 2. The van der Waals surface area contributed by atoms with E-state index in [-0.39, 0.29) is 42.2 Å². The van der Waals surface area contributed by atoms with Crippen LogP contribution in [0.4, 0.5) is 4.39 Å². The van der Waals surface area contributed by atoms with Gasteiger partial charge in [0.05, 0.1) is 13.1 Å². The van der Waals surface area contributed by atoms with E-state index in [4.69, 9.17) is 0 Å². The number of amides is 1. The molecule has 5 nitrogen and oxygen atoms in total. The summed E-state index contributed by atoms with van der Waals surface area (Å²) in [4.78, 5) is 16.4. The molecule has 0 saturated carbocycles. The number of aliphatic imine (C=N–C) groups is 1. The molecule has 2 aromatic rings. The number of hydrogen-bond donors (Lipinski definition) is 3. The van der Waals surface area contributed by atoms with Crippen LogP contribution in [0.1, 0.15) is 23.6 Å². The molecule has 27 heavy (non-hydrogen) atoms. The van der Waals surface area contributed by atoms with Crippen LogP contribution in [0.25, 0.3) is 0 Å². The molecule has 7 heteroatoms. The highest BCUT2D eigenvalue weighted by atomic mass is 127. The molecule has 0 aliphatic heterocycles. The normalized spacial score (nSPS) is 10.7. The lowest BCUT2D eigenvalue weighted by atomic mass is 10.1. The van der Waals surface area contributed by atoms with Crippen LogP contribution in [0.15, 0.2) is 53.5 Å². The van der Waals surface area contributed by atoms with Crippen molar-refractivity contribution in [3.8, 4) is 0 Å². The van der Waals surface area contributed by atoms with E-state index in [2.05, 4.69) is 20.9 Å². The minimum absolute atomic E-state index is 0. The molecule has 0 radical (unpaired) electrons. The van der Waals surface area contributed by atoms with Crippen LogP contribution in [0.3, 0.4) is 0 Å². The summed E-state index contributed by atoms with van der Waals surface area (Å²) in [6.45, 7) is 5.26. The second kappa shape index (κ2) is 12.3. The Morgan fingerprint density at radius 2 is 1.78 bits per heavy atom. The highest BCUT2D eigenvalue weighted by molar-refractivity contribution is 14.0. The Morgan fingerprint density at radius 3 is 2.44 bits per heavy atom. The summed E-state index contributed by atoms with van der Waals surface area (Å²) in [5.74, 6) is 0.153. The van der Waals surface area contributed by atoms with E-state index in [1.54, 1.807) is 13.0 Å². The molecule has 0 aromatic heterocycles. The molecule has 0 atom stereocenters. The summed E-state index contributed by atoms with van der Waals surface area (Å²) < 4.78 is 13.6. The standard InChI is InChI=1S/C20H25FN4O.HI/c1-3-22-20(24-13-17-10-9-15(2)18(21)11-17)25-14-19(26)23-12-16-7-5-4-6-8-16;/h4-11H,3,12-14H2,1-2H3,(H,23,26)(H2,22,24,25);1H. The lowest BCUT2D eigenvalue weighted by Gasteiger charge is -2.12. The number of nitrogens with zero attached hydrogens (tertiary/aromatic N) is 1. The van der Waals surface area contributed by atoms with Gasteiger partial charge in [-0.3, -0.25) is 4.79 Å². The van der Waals surface area contributed by atoms with Gasteiger partial charge in [0.15, 0.2) is 5.96 Å². The Bertz CT molecular complexity index is 753. The third-order valence-electron chi connectivity index (χ3n) is 3.75. The van der Waals surface area contributed by atoms with Crippen LogP contribution in [-0.4, -0.2) is 25.0 Å². The summed E-state index contributed by atoms with van der Waals surface area (Å²) >= 11 is 0. The van der Waals surface area contributed by atoms with Gasteiger partial charge in [0, 0.05) is 13.1 Å². The first kappa shape index (κ1) is 22.9. The molecule has 1 amide bonds. The number of nitrogens with one attached hydrogen (secondary N) is 3. The molecule has 3 N–H and O–H groups in total. The number of carbonyl (C=O) groups is 1. The molecule has 0 unspecified atom stereocenters. The maximum absolute atomic E-state index is 13.6. The van der Waals surface area contributed by atoms with E-state index in [1.807, 2.05) is 43.3 Å². The van der Waals surface area contributed by atoms with E-state index < -0.39 is 0 Å². The number of rotatable bonds is 7. The zero-order chi connectivity index (χ0) is 18.8. The zero-order valence-corrected chi connectivity index (χ0v) is 17.9. The topological polar surface area (TPSA) is 65.5 Å². The third kappa shape index (κ3) is 8.38. The van der Waals surface area contributed by atoms with Gasteiger partial charge in [0.2, 0.25) is 5.91 Å². The van der Waals surface area contributed by atoms with Crippen LogP contribution in [0.2, 0.25) is 0 Å². The second-order valence-corrected chi connectivity index (χ2v) is 5.89. The first-order valence-corrected chi connectivity index (χ1v) is 8.66. The van der Waals surface area contributed by atoms with Crippen molar-refractivity contribution in [1.29, 1.82) is 0 Å². The lowest BCUT2D eigenvalue weighted by Crippen LogP contribution is -2.43. The quantitative estimate of drug-likeness (QED) is 0.322. The Balaban J connectivity index is 0.00000364. The van der Waals surface area contributed by atoms with Crippen molar-refractivity contribution in [2.45, 2.75) is 26.9 Å². The Hall–Kier alpha value is -2.16. The zero-order valence-electron chi connectivity index (χ0n) is 15.6. The average molecular weight is 484 g/mol. The van der Waals surface area contributed by atoms with Crippen LogP contribution in [0.5, 0.6) is 0 Å². The number of halogens is 2. The molecular weight excluding hydrogens is 458 g/mol. The van der Waals surface area contributed by atoms with Crippen LogP contribution < -0.4 is 16.0 Å². The van der Waals surface area contributed by atoms with Crippen molar-refractivity contribution >= 4 is 35.8 Å². The fourth-order valence-corrected chi connectivity index (χ4v) is 2.27. The predicted molar refractivity (Wildman–Crippen MR) is 118 cm³/mol. The molecule has 0 aliphatic carbocycles. The Labute approximate surface area is 176 Å². The average Bonchev–Trinajstić information content (AvgIpc) is 2.66. The van der Waals surface area contributed by atoms with Gasteiger partial charge in [-0.25, -0.2) is 9.38 Å². The smallest absolute Gasteiger partial charge is 0.239 e. The highest BCUT2D eigenvalue weighted by Crippen LogP contribution is 2.09. The first-order valence-electron chi connectivity index (χ1n) is 8.66. The van der Waals surface area contributed by atoms with Gasteiger partial charge < -0.3 is 16.0 Å². The number of hydrogen-bond acceptors (Lipinski definition) is 2. The Kier molecular flexibility index (Phi) is 10.4. The SMILES string of the molecule is CCNC(=NCc1ccc(C)c(F)c1)NCC(=O)NCc1ccccc1.I. The first-order chi connectivity index (χ1) is 12.6. The van der Waals surface area contributed by atoms with Crippen molar-refractivity contribution in [1.82, 2.24) is 16.0 Å². The summed E-state index contributed by atoms with van der Waals surface area (Å²) in [5, 5.41) is 8.91.